The molecule has 0 aliphatic carbocycles. The van der Waals surface area contributed by atoms with Gasteiger partial charge in [0.15, 0.2) is 0 Å². The van der Waals surface area contributed by atoms with Gasteiger partial charge in [-0.1, -0.05) is 49.2 Å². The average Bonchev–Trinajstić information content (AvgIpc) is 2.16. The van der Waals surface area contributed by atoms with Crippen molar-refractivity contribution in [2.45, 2.75) is 13.8 Å². The van der Waals surface area contributed by atoms with E-state index in [4.69, 9.17) is 23.2 Å². The summed E-state index contributed by atoms with van der Waals surface area (Å²) in [6.45, 7) is 4.29. The van der Waals surface area contributed by atoms with Crippen molar-refractivity contribution in [2.75, 3.05) is 5.88 Å². The molecule has 0 radical (unpaired) electrons. The first-order chi connectivity index (χ1) is 6.63. The minimum absolute atomic E-state index is 0.489. The van der Waals surface area contributed by atoms with E-state index < -0.39 is 0 Å². The highest BCUT2D eigenvalue weighted by atomic mass is 35.5. The number of hydrogen-bond acceptors (Lipinski definition) is 0. The van der Waals surface area contributed by atoms with Crippen LogP contribution in [-0.2, 0) is 0 Å². The summed E-state index contributed by atoms with van der Waals surface area (Å²) in [6.07, 6.45) is 2.12. The smallest absolute Gasteiger partial charge is 0.0439 e. The number of allylic oxidation sites excluding steroid dienone is 1. The summed E-state index contributed by atoms with van der Waals surface area (Å²) < 4.78 is 0. The van der Waals surface area contributed by atoms with E-state index in [1.807, 2.05) is 24.3 Å². The highest BCUT2D eigenvalue weighted by molar-refractivity contribution is 6.30. The van der Waals surface area contributed by atoms with Gasteiger partial charge in [-0.05, 0) is 23.6 Å². The summed E-state index contributed by atoms with van der Waals surface area (Å²) in [5.74, 6) is 1.07. The summed E-state index contributed by atoms with van der Waals surface area (Å²) in [4.78, 5) is 0. The Morgan fingerprint density at radius 3 is 2.29 bits per heavy atom. The fourth-order valence-electron chi connectivity index (χ4n) is 1.13. The van der Waals surface area contributed by atoms with Crippen molar-refractivity contribution in [1.82, 2.24) is 0 Å². The number of benzene rings is 1. The minimum atomic E-state index is 0.489. The second-order valence-corrected chi connectivity index (χ2v) is 4.26. The minimum Gasteiger partial charge on any atom is -0.122 e. The predicted octanol–water partition coefficient (Wildman–Crippen LogP) is 4.62. The maximum atomic E-state index is 5.85. The molecule has 0 saturated heterocycles. The maximum Gasteiger partial charge on any atom is 0.0439 e. The first kappa shape index (κ1) is 11.6. The van der Waals surface area contributed by atoms with Gasteiger partial charge in [-0.2, -0.15) is 0 Å². The number of alkyl halides is 1. The number of rotatable bonds is 3. The van der Waals surface area contributed by atoms with Gasteiger partial charge in [0.25, 0.3) is 0 Å². The standard InChI is InChI=1S/C12H14Cl2/c1-9(2)11(8-13)7-10-3-5-12(14)6-4-10/h3-7,9H,8H2,1-2H3. The molecule has 1 aromatic carbocycles. The summed E-state index contributed by atoms with van der Waals surface area (Å²) in [6, 6.07) is 7.77. The van der Waals surface area contributed by atoms with Gasteiger partial charge in [0.2, 0.25) is 0 Å². The van der Waals surface area contributed by atoms with E-state index in [-0.39, 0.29) is 0 Å². The van der Waals surface area contributed by atoms with Gasteiger partial charge in [-0.15, -0.1) is 11.6 Å². The fraction of sp³-hybridized carbons (Fsp3) is 0.333. The van der Waals surface area contributed by atoms with E-state index in [0.29, 0.717) is 11.8 Å². The van der Waals surface area contributed by atoms with Gasteiger partial charge in [-0.25, -0.2) is 0 Å². The van der Waals surface area contributed by atoms with Crippen LogP contribution in [0.4, 0.5) is 0 Å². The van der Waals surface area contributed by atoms with Crippen LogP contribution < -0.4 is 0 Å². The second kappa shape index (κ2) is 5.43. The largest absolute Gasteiger partial charge is 0.122 e. The van der Waals surface area contributed by atoms with Crippen LogP contribution in [0.15, 0.2) is 29.8 Å². The van der Waals surface area contributed by atoms with E-state index in [1.165, 1.54) is 5.57 Å². The monoisotopic (exact) mass is 228 g/mol. The van der Waals surface area contributed by atoms with Crippen LogP contribution in [0.3, 0.4) is 0 Å². The molecule has 0 N–H and O–H groups in total. The normalized spacial score (nSPS) is 12.2. The third-order valence-electron chi connectivity index (χ3n) is 2.12. The zero-order chi connectivity index (χ0) is 10.6. The Morgan fingerprint density at radius 2 is 1.86 bits per heavy atom. The maximum absolute atomic E-state index is 5.85. The molecule has 0 fully saturated rings. The van der Waals surface area contributed by atoms with Crippen LogP contribution >= 0.6 is 23.2 Å². The molecule has 0 spiro atoms. The molecule has 14 heavy (non-hydrogen) atoms. The molecule has 0 amide bonds. The lowest BCUT2D eigenvalue weighted by atomic mass is 10.0. The lowest BCUT2D eigenvalue weighted by Crippen LogP contribution is -1.94. The lowest BCUT2D eigenvalue weighted by Gasteiger charge is -2.07. The topological polar surface area (TPSA) is 0 Å². The molecule has 0 heterocycles. The van der Waals surface area contributed by atoms with Gasteiger partial charge in [0.1, 0.15) is 0 Å². The molecular weight excluding hydrogens is 215 g/mol. The highest BCUT2D eigenvalue weighted by Gasteiger charge is 2.01. The molecule has 0 nitrogen and oxygen atoms in total. The number of halogens is 2. The molecule has 2 heteroatoms. The molecule has 0 atom stereocenters. The third kappa shape index (κ3) is 3.36. The molecule has 0 bridgehead atoms. The van der Waals surface area contributed by atoms with Gasteiger partial charge < -0.3 is 0 Å². The second-order valence-electron chi connectivity index (χ2n) is 3.56. The average molecular weight is 229 g/mol. The summed E-state index contributed by atoms with van der Waals surface area (Å²) in [5.41, 5.74) is 2.40. The molecule has 0 saturated carbocycles. The van der Waals surface area contributed by atoms with Gasteiger partial charge in [0, 0.05) is 10.9 Å². The van der Waals surface area contributed by atoms with Crippen molar-refractivity contribution in [3.05, 3.63) is 40.4 Å². The van der Waals surface area contributed by atoms with Crippen LogP contribution in [0.1, 0.15) is 19.4 Å². The lowest BCUT2D eigenvalue weighted by molar-refractivity contribution is 0.778. The van der Waals surface area contributed by atoms with E-state index in [1.54, 1.807) is 0 Å². The SMILES string of the molecule is CC(C)C(=Cc1ccc(Cl)cc1)CCl. The highest BCUT2D eigenvalue weighted by Crippen LogP contribution is 2.17. The molecule has 0 aliphatic rings. The van der Waals surface area contributed by atoms with Crippen LogP contribution in [0.2, 0.25) is 5.02 Å². The molecule has 76 valence electrons. The molecular formula is C12H14Cl2. The predicted molar refractivity (Wildman–Crippen MR) is 65.0 cm³/mol. The first-order valence-electron chi connectivity index (χ1n) is 4.65. The van der Waals surface area contributed by atoms with Crippen molar-refractivity contribution in [2.24, 2.45) is 5.92 Å². The summed E-state index contributed by atoms with van der Waals surface area (Å²) in [5, 5.41) is 0.763. The molecule has 0 unspecified atom stereocenters. The van der Waals surface area contributed by atoms with E-state index >= 15 is 0 Å². The van der Waals surface area contributed by atoms with E-state index in [9.17, 15) is 0 Å². The Morgan fingerprint density at radius 1 is 1.29 bits per heavy atom. The van der Waals surface area contributed by atoms with Crippen LogP contribution in [0.5, 0.6) is 0 Å². The van der Waals surface area contributed by atoms with Crippen molar-refractivity contribution in [1.29, 1.82) is 0 Å². The van der Waals surface area contributed by atoms with Crippen molar-refractivity contribution >= 4 is 29.3 Å². The van der Waals surface area contributed by atoms with Gasteiger partial charge in [-0.3, -0.25) is 0 Å². The first-order valence-corrected chi connectivity index (χ1v) is 5.56. The van der Waals surface area contributed by atoms with Crippen molar-refractivity contribution in [3.8, 4) is 0 Å². The molecule has 1 aromatic rings. The zero-order valence-corrected chi connectivity index (χ0v) is 9.94. The summed E-state index contributed by atoms with van der Waals surface area (Å²) in [7, 11) is 0. The van der Waals surface area contributed by atoms with Crippen LogP contribution in [-0.4, -0.2) is 5.88 Å². The third-order valence-corrected chi connectivity index (χ3v) is 2.68. The van der Waals surface area contributed by atoms with Crippen molar-refractivity contribution in [3.63, 3.8) is 0 Å². The van der Waals surface area contributed by atoms with Crippen molar-refractivity contribution < 1.29 is 0 Å². The van der Waals surface area contributed by atoms with Gasteiger partial charge >= 0.3 is 0 Å². The molecule has 1 rings (SSSR count). The zero-order valence-electron chi connectivity index (χ0n) is 8.43. The Bertz CT molecular complexity index is 310. The molecule has 0 aromatic heterocycles. The van der Waals surface area contributed by atoms with E-state index in [0.717, 1.165) is 10.6 Å². The number of hydrogen-bond donors (Lipinski definition) is 0. The Kier molecular flexibility index (Phi) is 4.50. The van der Waals surface area contributed by atoms with Crippen LogP contribution in [0.25, 0.3) is 6.08 Å². The van der Waals surface area contributed by atoms with Gasteiger partial charge in [0.05, 0.1) is 0 Å². The molecule has 0 aliphatic heterocycles. The fourth-order valence-corrected chi connectivity index (χ4v) is 1.64. The van der Waals surface area contributed by atoms with E-state index in [2.05, 4.69) is 19.9 Å². The quantitative estimate of drug-likeness (QED) is 0.663. The summed E-state index contributed by atoms with van der Waals surface area (Å²) >= 11 is 11.6. The Hall–Kier alpha value is -0.460. The Labute approximate surface area is 95.5 Å². The Balaban J connectivity index is 2.89. The van der Waals surface area contributed by atoms with Crippen LogP contribution in [0, 0.1) is 5.92 Å².